The maximum absolute atomic E-state index is 5.58. The van der Waals surface area contributed by atoms with Crippen molar-refractivity contribution in [1.29, 1.82) is 0 Å². The molecule has 0 unspecified atom stereocenters. The molecule has 0 spiro atoms. The second-order valence-corrected chi connectivity index (χ2v) is 3.92. The van der Waals surface area contributed by atoms with E-state index in [0.717, 1.165) is 12.3 Å². The first-order valence-corrected chi connectivity index (χ1v) is 5.71. The summed E-state index contributed by atoms with van der Waals surface area (Å²) in [5, 5.41) is 3.13. The third-order valence-electron chi connectivity index (χ3n) is 2.47. The molecule has 3 heteroatoms. The van der Waals surface area contributed by atoms with E-state index in [0.29, 0.717) is 13.2 Å². The molecule has 0 saturated carbocycles. The van der Waals surface area contributed by atoms with Gasteiger partial charge in [0.05, 0.1) is 12.9 Å². The van der Waals surface area contributed by atoms with Crippen LogP contribution in [0.3, 0.4) is 0 Å². The summed E-state index contributed by atoms with van der Waals surface area (Å²) in [7, 11) is 1.94. The minimum atomic E-state index is 0.517. The zero-order valence-electron chi connectivity index (χ0n) is 9.98. The van der Waals surface area contributed by atoms with Gasteiger partial charge in [0, 0.05) is 6.54 Å². The lowest BCUT2D eigenvalue weighted by Crippen LogP contribution is -2.05. The molecule has 0 aliphatic heterocycles. The molecule has 0 atom stereocenters. The number of rotatable bonds is 6. The normalized spacial score (nSPS) is 10.6. The summed E-state index contributed by atoms with van der Waals surface area (Å²) in [5.41, 5.74) is 2.45. The van der Waals surface area contributed by atoms with Crippen molar-refractivity contribution in [3.05, 3.63) is 59.5 Å². The van der Waals surface area contributed by atoms with Crippen molar-refractivity contribution in [2.24, 2.45) is 0 Å². The SMILES string of the molecule is CNCc1cccc(COCc2ccco2)c1. The van der Waals surface area contributed by atoms with Crippen LogP contribution in [0, 0.1) is 0 Å². The summed E-state index contributed by atoms with van der Waals surface area (Å²) < 4.78 is 10.8. The minimum Gasteiger partial charge on any atom is -0.467 e. The Morgan fingerprint density at radius 1 is 1.12 bits per heavy atom. The zero-order valence-corrected chi connectivity index (χ0v) is 9.98. The predicted octanol–water partition coefficient (Wildman–Crippen LogP) is 2.72. The maximum Gasteiger partial charge on any atom is 0.129 e. The highest BCUT2D eigenvalue weighted by atomic mass is 16.5. The highest BCUT2D eigenvalue weighted by Crippen LogP contribution is 2.09. The van der Waals surface area contributed by atoms with Gasteiger partial charge in [-0.2, -0.15) is 0 Å². The Morgan fingerprint density at radius 3 is 2.76 bits per heavy atom. The lowest BCUT2D eigenvalue weighted by atomic mass is 10.1. The Kier molecular flexibility index (Phi) is 4.36. The van der Waals surface area contributed by atoms with Gasteiger partial charge in [-0.05, 0) is 30.3 Å². The first-order chi connectivity index (χ1) is 8.38. The Morgan fingerprint density at radius 2 is 2.00 bits per heavy atom. The van der Waals surface area contributed by atoms with E-state index < -0.39 is 0 Å². The number of ether oxygens (including phenoxy) is 1. The fraction of sp³-hybridized carbons (Fsp3) is 0.286. The van der Waals surface area contributed by atoms with Crippen molar-refractivity contribution in [1.82, 2.24) is 5.32 Å². The summed E-state index contributed by atoms with van der Waals surface area (Å²) in [4.78, 5) is 0. The highest BCUT2D eigenvalue weighted by Gasteiger charge is 1.98. The van der Waals surface area contributed by atoms with E-state index in [9.17, 15) is 0 Å². The van der Waals surface area contributed by atoms with Crippen LogP contribution in [0.2, 0.25) is 0 Å². The van der Waals surface area contributed by atoms with E-state index >= 15 is 0 Å². The van der Waals surface area contributed by atoms with Crippen molar-refractivity contribution in [3.8, 4) is 0 Å². The van der Waals surface area contributed by atoms with Gasteiger partial charge in [-0.25, -0.2) is 0 Å². The molecule has 2 rings (SSSR count). The molecule has 0 saturated heterocycles. The van der Waals surface area contributed by atoms with Crippen LogP contribution < -0.4 is 5.32 Å². The minimum absolute atomic E-state index is 0.517. The molecule has 1 aromatic heterocycles. The van der Waals surface area contributed by atoms with Gasteiger partial charge in [0.1, 0.15) is 12.4 Å². The third-order valence-corrected chi connectivity index (χ3v) is 2.47. The second kappa shape index (κ2) is 6.23. The smallest absolute Gasteiger partial charge is 0.129 e. The van der Waals surface area contributed by atoms with Crippen LogP contribution in [-0.2, 0) is 24.5 Å². The summed E-state index contributed by atoms with van der Waals surface area (Å²) in [6, 6.07) is 12.2. The predicted molar refractivity (Wildman–Crippen MR) is 66.4 cm³/mol. The van der Waals surface area contributed by atoms with Crippen molar-refractivity contribution >= 4 is 0 Å². The van der Waals surface area contributed by atoms with E-state index in [-0.39, 0.29) is 0 Å². The molecular weight excluding hydrogens is 214 g/mol. The van der Waals surface area contributed by atoms with Gasteiger partial charge in [-0.3, -0.25) is 0 Å². The number of hydrogen-bond donors (Lipinski definition) is 1. The standard InChI is InChI=1S/C14H17NO2/c1-15-9-12-4-2-5-13(8-12)10-16-11-14-6-3-7-17-14/h2-8,15H,9-11H2,1H3. The molecule has 0 radical (unpaired) electrons. The second-order valence-electron chi connectivity index (χ2n) is 3.92. The highest BCUT2D eigenvalue weighted by molar-refractivity contribution is 5.22. The van der Waals surface area contributed by atoms with E-state index in [1.54, 1.807) is 6.26 Å². The average Bonchev–Trinajstić information content (AvgIpc) is 2.83. The summed E-state index contributed by atoms with van der Waals surface area (Å²) in [5.74, 6) is 0.858. The molecule has 90 valence electrons. The number of furan rings is 1. The van der Waals surface area contributed by atoms with Crippen LogP contribution in [0.5, 0.6) is 0 Å². The van der Waals surface area contributed by atoms with Crippen LogP contribution in [0.25, 0.3) is 0 Å². The summed E-state index contributed by atoms with van der Waals surface area (Å²) >= 11 is 0. The lowest BCUT2D eigenvalue weighted by Gasteiger charge is -2.05. The monoisotopic (exact) mass is 231 g/mol. The lowest BCUT2D eigenvalue weighted by molar-refractivity contribution is 0.0929. The summed E-state index contributed by atoms with van der Waals surface area (Å²) in [6.07, 6.45) is 1.66. The van der Waals surface area contributed by atoms with Gasteiger partial charge in [-0.1, -0.05) is 24.3 Å². The number of nitrogens with one attached hydrogen (secondary N) is 1. The van der Waals surface area contributed by atoms with Gasteiger partial charge in [0.25, 0.3) is 0 Å². The molecule has 1 aromatic carbocycles. The molecule has 0 aliphatic carbocycles. The molecule has 1 N–H and O–H groups in total. The third kappa shape index (κ3) is 3.73. The molecule has 0 amide bonds. The van der Waals surface area contributed by atoms with Crippen LogP contribution in [-0.4, -0.2) is 7.05 Å². The Balaban J connectivity index is 1.84. The summed E-state index contributed by atoms with van der Waals surface area (Å²) in [6.45, 7) is 2.01. The maximum atomic E-state index is 5.58. The molecule has 2 aromatic rings. The zero-order chi connectivity index (χ0) is 11.9. The molecule has 17 heavy (non-hydrogen) atoms. The van der Waals surface area contributed by atoms with Crippen LogP contribution >= 0.6 is 0 Å². The van der Waals surface area contributed by atoms with E-state index in [1.165, 1.54) is 11.1 Å². The Labute approximate surface area is 101 Å². The van der Waals surface area contributed by atoms with E-state index in [2.05, 4.69) is 29.6 Å². The van der Waals surface area contributed by atoms with Crippen LogP contribution in [0.1, 0.15) is 16.9 Å². The van der Waals surface area contributed by atoms with E-state index in [1.807, 2.05) is 19.2 Å². The number of benzene rings is 1. The Bertz CT molecular complexity index is 437. The van der Waals surface area contributed by atoms with E-state index in [4.69, 9.17) is 9.15 Å². The van der Waals surface area contributed by atoms with Gasteiger partial charge in [0.15, 0.2) is 0 Å². The fourth-order valence-electron chi connectivity index (χ4n) is 1.70. The molecule has 0 aliphatic rings. The van der Waals surface area contributed by atoms with Gasteiger partial charge >= 0.3 is 0 Å². The first-order valence-electron chi connectivity index (χ1n) is 5.71. The fourth-order valence-corrected chi connectivity index (χ4v) is 1.70. The topological polar surface area (TPSA) is 34.4 Å². The Hall–Kier alpha value is -1.58. The first kappa shape index (κ1) is 11.9. The molecule has 1 heterocycles. The largest absolute Gasteiger partial charge is 0.467 e. The van der Waals surface area contributed by atoms with Gasteiger partial charge in [0.2, 0.25) is 0 Å². The van der Waals surface area contributed by atoms with Crippen LogP contribution in [0.15, 0.2) is 47.1 Å². The molecule has 0 fully saturated rings. The van der Waals surface area contributed by atoms with Crippen molar-refractivity contribution in [2.45, 2.75) is 19.8 Å². The van der Waals surface area contributed by atoms with Gasteiger partial charge in [-0.15, -0.1) is 0 Å². The average molecular weight is 231 g/mol. The van der Waals surface area contributed by atoms with Crippen molar-refractivity contribution in [2.75, 3.05) is 7.05 Å². The van der Waals surface area contributed by atoms with Crippen molar-refractivity contribution in [3.63, 3.8) is 0 Å². The molecule has 0 bridgehead atoms. The van der Waals surface area contributed by atoms with Crippen LogP contribution in [0.4, 0.5) is 0 Å². The van der Waals surface area contributed by atoms with Gasteiger partial charge < -0.3 is 14.5 Å². The molecule has 3 nitrogen and oxygen atoms in total. The quantitative estimate of drug-likeness (QED) is 0.830. The molecular formula is C14H17NO2. The number of hydrogen-bond acceptors (Lipinski definition) is 3. The van der Waals surface area contributed by atoms with Crippen molar-refractivity contribution < 1.29 is 9.15 Å².